The molecule has 1 aromatic carbocycles. The summed E-state index contributed by atoms with van der Waals surface area (Å²) in [5.41, 5.74) is 7.77. The highest BCUT2D eigenvalue weighted by Gasteiger charge is 2.33. The first-order valence-corrected chi connectivity index (χ1v) is 11.0. The number of nitrogens with two attached hydrogens (primary N) is 1. The summed E-state index contributed by atoms with van der Waals surface area (Å²) >= 11 is 1.41. The van der Waals surface area contributed by atoms with Gasteiger partial charge in [-0.15, -0.1) is 11.8 Å². The largest absolute Gasteiger partial charge is 0.444 e. The lowest BCUT2D eigenvalue weighted by molar-refractivity contribution is -0.113. The van der Waals surface area contributed by atoms with E-state index in [0.717, 1.165) is 10.5 Å². The van der Waals surface area contributed by atoms with Crippen molar-refractivity contribution in [2.45, 2.75) is 30.8 Å². The van der Waals surface area contributed by atoms with E-state index in [1.165, 1.54) is 16.7 Å². The molecule has 4 N–H and O–H groups in total. The summed E-state index contributed by atoms with van der Waals surface area (Å²) in [6.45, 7) is 2.67. The molecule has 4 rings (SSSR count). The number of benzene rings is 1. The Morgan fingerprint density at radius 2 is 2.19 bits per heavy atom. The molecular weight excluding hydrogens is 418 g/mol. The Hall–Kier alpha value is -3.27. The third-order valence-electron chi connectivity index (χ3n) is 5.17. The molecule has 0 bridgehead atoms. The first-order valence-electron chi connectivity index (χ1n) is 9.97. The topological polar surface area (TPSA) is 127 Å². The van der Waals surface area contributed by atoms with Gasteiger partial charge in [-0.25, -0.2) is 9.78 Å². The molecule has 1 atom stereocenters. The number of para-hydroxylation sites is 1. The van der Waals surface area contributed by atoms with Crippen LogP contribution in [0.15, 0.2) is 35.2 Å². The van der Waals surface area contributed by atoms with Gasteiger partial charge in [-0.1, -0.05) is 12.1 Å². The van der Waals surface area contributed by atoms with E-state index in [9.17, 15) is 14.4 Å². The van der Waals surface area contributed by atoms with Gasteiger partial charge in [0.15, 0.2) is 0 Å². The van der Waals surface area contributed by atoms with Crippen molar-refractivity contribution in [2.75, 3.05) is 34.8 Å². The number of aryl methyl sites for hydroxylation is 1. The van der Waals surface area contributed by atoms with E-state index < -0.39 is 6.09 Å². The molecule has 9 nitrogen and oxygen atoms in total. The highest BCUT2D eigenvalue weighted by Crippen LogP contribution is 2.32. The Balaban J connectivity index is 1.28. The van der Waals surface area contributed by atoms with Crippen LogP contribution in [0.2, 0.25) is 0 Å². The number of hydrogen-bond donors (Lipinski definition) is 3. The molecule has 2 aliphatic rings. The number of carbonyl (C=O) groups excluding carboxylic acids is 3. The molecule has 1 aromatic heterocycles. The average molecular weight is 442 g/mol. The van der Waals surface area contributed by atoms with Crippen LogP contribution < -0.4 is 21.3 Å². The van der Waals surface area contributed by atoms with Gasteiger partial charge in [0.25, 0.3) is 5.91 Å². The number of anilines is 3. The molecule has 1 saturated heterocycles. The molecule has 2 aliphatic heterocycles. The molecule has 1 fully saturated rings. The lowest BCUT2D eigenvalue weighted by atomic mass is 10.1. The van der Waals surface area contributed by atoms with Crippen LogP contribution >= 0.6 is 11.8 Å². The Kier molecular flexibility index (Phi) is 5.99. The number of thioether (sulfide) groups is 1. The van der Waals surface area contributed by atoms with Crippen molar-refractivity contribution in [2.24, 2.45) is 0 Å². The number of carbonyl (C=O) groups is 3. The van der Waals surface area contributed by atoms with Gasteiger partial charge in [-0.05, 0) is 43.5 Å². The summed E-state index contributed by atoms with van der Waals surface area (Å²) in [5, 5.41) is 5.58. The van der Waals surface area contributed by atoms with Crippen LogP contribution in [0.5, 0.6) is 0 Å². The van der Waals surface area contributed by atoms with Crippen LogP contribution in [0.3, 0.4) is 0 Å². The minimum atomic E-state index is -0.469. The van der Waals surface area contributed by atoms with Crippen molar-refractivity contribution in [3.05, 3.63) is 41.5 Å². The number of nitrogens with one attached hydrogen (secondary N) is 2. The van der Waals surface area contributed by atoms with E-state index in [4.69, 9.17) is 10.5 Å². The van der Waals surface area contributed by atoms with Crippen molar-refractivity contribution in [3.8, 4) is 0 Å². The Labute approximate surface area is 183 Å². The van der Waals surface area contributed by atoms with E-state index in [-0.39, 0.29) is 17.9 Å². The molecule has 0 unspecified atom stereocenters. The number of ether oxygens (including phenoxy) is 1. The van der Waals surface area contributed by atoms with Gasteiger partial charge in [-0.2, -0.15) is 0 Å². The minimum Gasteiger partial charge on any atom is -0.444 e. The smallest absolute Gasteiger partial charge is 0.415 e. The van der Waals surface area contributed by atoms with Crippen molar-refractivity contribution in [3.63, 3.8) is 0 Å². The monoisotopic (exact) mass is 441 g/mol. The van der Waals surface area contributed by atoms with E-state index in [1.807, 2.05) is 19.1 Å². The van der Waals surface area contributed by atoms with Gasteiger partial charge >= 0.3 is 6.09 Å². The summed E-state index contributed by atoms with van der Waals surface area (Å²) in [4.78, 5) is 42.9. The van der Waals surface area contributed by atoms with E-state index >= 15 is 0 Å². The normalized spacial score (nSPS) is 17.7. The second-order valence-electron chi connectivity index (χ2n) is 7.40. The fourth-order valence-electron chi connectivity index (χ4n) is 3.47. The maximum absolute atomic E-state index is 12.3. The molecule has 0 aliphatic carbocycles. The molecule has 0 saturated carbocycles. The zero-order valence-electron chi connectivity index (χ0n) is 17.0. The van der Waals surface area contributed by atoms with Crippen molar-refractivity contribution in [1.29, 1.82) is 0 Å². The first kappa shape index (κ1) is 21.0. The zero-order chi connectivity index (χ0) is 22.0. The van der Waals surface area contributed by atoms with Crippen LogP contribution in [-0.2, 0) is 9.53 Å². The maximum Gasteiger partial charge on any atom is 0.415 e. The molecule has 31 heavy (non-hydrogen) atoms. The van der Waals surface area contributed by atoms with Crippen LogP contribution in [0.25, 0.3) is 0 Å². The van der Waals surface area contributed by atoms with Gasteiger partial charge in [0.1, 0.15) is 17.7 Å². The molecule has 0 spiro atoms. The second kappa shape index (κ2) is 8.84. The lowest BCUT2D eigenvalue weighted by Gasteiger charge is -2.18. The molecule has 3 amide bonds. The average Bonchev–Trinajstić information content (AvgIpc) is 3.13. The van der Waals surface area contributed by atoms with E-state index in [0.29, 0.717) is 54.6 Å². The van der Waals surface area contributed by atoms with Gasteiger partial charge in [-0.3, -0.25) is 14.5 Å². The van der Waals surface area contributed by atoms with Gasteiger partial charge in [0.05, 0.1) is 22.8 Å². The number of rotatable bonds is 6. The number of hydrogen-bond acceptors (Lipinski definition) is 7. The van der Waals surface area contributed by atoms with Gasteiger partial charge < -0.3 is 21.1 Å². The lowest BCUT2D eigenvalue weighted by Crippen LogP contribution is -2.28. The molecule has 10 heteroatoms. The Morgan fingerprint density at radius 1 is 1.35 bits per heavy atom. The fourth-order valence-corrected chi connectivity index (χ4v) is 4.22. The summed E-state index contributed by atoms with van der Waals surface area (Å²) in [6, 6.07) is 8.94. The Morgan fingerprint density at radius 3 is 3.03 bits per heavy atom. The van der Waals surface area contributed by atoms with E-state index in [1.54, 1.807) is 18.2 Å². The first-order chi connectivity index (χ1) is 14.9. The van der Waals surface area contributed by atoms with Crippen LogP contribution in [0.1, 0.15) is 28.8 Å². The third-order valence-corrected chi connectivity index (χ3v) is 6.21. The quantitative estimate of drug-likeness (QED) is 0.464. The highest BCUT2D eigenvalue weighted by atomic mass is 32.2. The summed E-state index contributed by atoms with van der Waals surface area (Å²) in [7, 11) is 0. The van der Waals surface area contributed by atoms with Crippen LogP contribution in [-0.4, -0.2) is 47.8 Å². The van der Waals surface area contributed by atoms with Crippen LogP contribution in [0, 0.1) is 6.92 Å². The molecule has 0 radical (unpaired) electrons. The predicted molar refractivity (Wildman–Crippen MR) is 118 cm³/mol. The number of amides is 3. The molecular formula is C21H23N5O4S. The fraction of sp³-hybridized carbons (Fsp3) is 0.333. The second-order valence-corrected chi connectivity index (χ2v) is 8.42. The Bertz CT molecular complexity index is 1040. The number of nitrogen functional groups attached to an aromatic ring is 1. The molecule has 162 valence electrons. The molecule has 2 aromatic rings. The number of pyridine rings is 1. The number of nitrogens with zero attached hydrogens (tertiary/aromatic N) is 2. The van der Waals surface area contributed by atoms with Gasteiger partial charge in [0, 0.05) is 12.2 Å². The zero-order valence-corrected chi connectivity index (χ0v) is 17.8. The van der Waals surface area contributed by atoms with E-state index in [2.05, 4.69) is 15.6 Å². The van der Waals surface area contributed by atoms with Crippen molar-refractivity contribution >= 4 is 47.0 Å². The van der Waals surface area contributed by atoms with Crippen molar-refractivity contribution < 1.29 is 19.1 Å². The molecule has 3 heterocycles. The standard InChI is InChI=1S/C21H23N5O4S/c1-12-4-2-6-14(18(12)22)20(28)23-9-3-5-13-10-26(21(29)30-13)16-8-7-15-19(24-16)25-17(27)11-31-15/h2,4,6-8,13H,3,5,9-11,22H2,1H3,(H,23,28)(H,24,25,27)/t13-/m0/s1. The number of fused-ring (bicyclic) bond motifs is 1. The summed E-state index contributed by atoms with van der Waals surface area (Å²) in [5.74, 6) is 0.933. The predicted octanol–water partition coefficient (Wildman–Crippen LogP) is 2.55. The van der Waals surface area contributed by atoms with Gasteiger partial charge in [0.2, 0.25) is 5.91 Å². The van der Waals surface area contributed by atoms with Crippen LogP contribution in [0.4, 0.5) is 22.1 Å². The SMILES string of the molecule is Cc1cccc(C(=O)NCCC[C@H]2CN(c3ccc4c(n3)NC(=O)CS4)C(=O)O2)c1N. The van der Waals surface area contributed by atoms with Crippen molar-refractivity contribution in [1.82, 2.24) is 10.3 Å². The maximum atomic E-state index is 12.3. The number of aromatic nitrogens is 1. The third kappa shape index (κ3) is 4.58. The number of cyclic esters (lactones) is 1. The highest BCUT2D eigenvalue weighted by molar-refractivity contribution is 8.00. The summed E-state index contributed by atoms with van der Waals surface area (Å²) < 4.78 is 5.44. The summed E-state index contributed by atoms with van der Waals surface area (Å²) in [6.07, 6.45) is 0.482. The minimum absolute atomic E-state index is 0.113.